The number of allylic oxidation sites excluding steroid dienone is 1. The molecule has 0 saturated carbocycles. The first-order valence-electron chi connectivity index (χ1n) is 11.3. The minimum absolute atomic E-state index is 0.00115. The maximum atomic E-state index is 14.2. The molecule has 3 aliphatic rings. The first-order chi connectivity index (χ1) is 17.0. The molecule has 0 N–H and O–H groups in total. The van der Waals surface area contributed by atoms with E-state index in [9.17, 15) is 14.0 Å². The number of carbonyl (C=O) groups is 2. The average Bonchev–Trinajstić information content (AvgIpc) is 3.54. The van der Waals surface area contributed by atoms with E-state index in [1.165, 1.54) is 24.9 Å². The number of aliphatic imine (C=N–C) groups is 1. The van der Waals surface area contributed by atoms with E-state index in [1.807, 2.05) is 49.9 Å². The maximum absolute atomic E-state index is 14.2. The number of thioether (sulfide) groups is 1. The van der Waals surface area contributed by atoms with Crippen LogP contribution >= 0.6 is 23.1 Å². The topological polar surface area (TPSA) is 65.5 Å². The highest BCUT2D eigenvalue weighted by atomic mass is 32.2. The van der Waals surface area contributed by atoms with Crippen molar-refractivity contribution in [1.29, 1.82) is 0 Å². The molecule has 182 valence electrons. The molecule has 0 spiro atoms. The Kier molecular flexibility index (Phi) is 6.66. The second-order valence-corrected chi connectivity index (χ2v) is 10.1. The van der Waals surface area contributed by atoms with Crippen molar-refractivity contribution < 1.29 is 18.7 Å². The molecule has 0 unspecified atom stereocenters. The van der Waals surface area contributed by atoms with Crippen LogP contribution in [-0.4, -0.2) is 60.1 Å². The molecule has 1 atom stereocenters. The Morgan fingerprint density at radius 3 is 2.63 bits per heavy atom. The first kappa shape index (κ1) is 23.6. The number of methoxy groups -OCH3 is 1. The Balaban J connectivity index is 1.32. The van der Waals surface area contributed by atoms with E-state index in [0.717, 1.165) is 16.4 Å². The number of piperazine rings is 1. The summed E-state index contributed by atoms with van der Waals surface area (Å²) in [4.78, 5) is 36.4. The molecule has 10 heteroatoms. The van der Waals surface area contributed by atoms with Gasteiger partial charge < -0.3 is 19.4 Å². The van der Waals surface area contributed by atoms with Crippen molar-refractivity contribution in [2.24, 2.45) is 4.99 Å². The lowest BCUT2D eigenvalue weighted by Crippen LogP contribution is -2.49. The van der Waals surface area contributed by atoms with E-state index >= 15 is 0 Å². The molecule has 1 fully saturated rings. The van der Waals surface area contributed by atoms with Gasteiger partial charge in [-0.05, 0) is 46.9 Å². The molecule has 0 bridgehead atoms. The molecular formula is C25H25FN4O3S2. The Morgan fingerprint density at radius 2 is 1.94 bits per heavy atom. The predicted octanol–water partition coefficient (Wildman–Crippen LogP) is 4.37. The standard InChI is InChI=1S/C25H25FN4O3S2/c1-16-22(24(32)33-2)23(17-7-12-34-14-17)30-18(15-35-25(30)27-16)13-21(31)29-10-8-28(9-11-29)20-6-4-3-5-19(20)26/h3-7,12,14-15,23H,8-11,13H2,1-2H3/t23-/m0/s1. The van der Waals surface area contributed by atoms with Crippen molar-refractivity contribution in [3.05, 3.63) is 74.8 Å². The number of amides is 1. The molecule has 0 radical (unpaired) electrons. The number of carbonyl (C=O) groups excluding carboxylic acids is 2. The molecule has 7 nitrogen and oxygen atoms in total. The molecule has 1 aromatic carbocycles. The highest BCUT2D eigenvalue weighted by Crippen LogP contribution is 2.45. The van der Waals surface area contributed by atoms with Crippen LogP contribution in [0.4, 0.5) is 10.1 Å². The fourth-order valence-corrected chi connectivity index (χ4v) is 6.30. The van der Waals surface area contributed by atoms with Gasteiger partial charge in [-0.25, -0.2) is 14.2 Å². The van der Waals surface area contributed by atoms with Gasteiger partial charge in [0.1, 0.15) is 5.82 Å². The summed E-state index contributed by atoms with van der Waals surface area (Å²) in [7, 11) is 1.37. The van der Waals surface area contributed by atoms with Crippen molar-refractivity contribution in [3.63, 3.8) is 0 Å². The van der Waals surface area contributed by atoms with Crippen LogP contribution < -0.4 is 4.90 Å². The second-order valence-electron chi connectivity index (χ2n) is 8.44. The minimum Gasteiger partial charge on any atom is -0.466 e. The Bertz CT molecular complexity index is 1230. The molecular weight excluding hydrogens is 487 g/mol. The number of benzene rings is 1. The van der Waals surface area contributed by atoms with Crippen molar-refractivity contribution in [3.8, 4) is 0 Å². The summed E-state index contributed by atoms with van der Waals surface area (Å²) in [6, 6.07) is 8.31. The number of thiophene rings is 1. The number of nitrogens with zero attached hydrogens (tertiary/aromatic N) is 4. The van der Waals surface area contributed by atoms with Gasteiger partial charge >= 0.3 is 5.97 Å². The molecule has 1 aromatic heterocycles. The Hall–Kier alpha value is -3.11. The smallest absolute Gasteiger partial charge is 0.338 e. The van der Waals surface area contributed by atoms with Gasteiger partial charge in [0.2, 0.25) is 5.91 Å². The molecule has 1 saturated heterocycles. The SMILES string of the molecule is COC(=O)C1=C(C)N=C2SC=C(CC(=O)N3CCN(c4ccccc4F)CC3)N2[C@H]1c1ccsc1. The van der Waals surface area contributed by atoms with Gasteiger partial charge in [0, 0.05) is 31.9 Å². The van der Waals surface area contributed by atoms with Crippen LogP contribution in [0, 0.1) is 5.82 Å². The number of rotatable bonds is 5. The number of amidine groups is 1. The largest absolute Gasteiger partial charge is 0.466 e. The second kappa shape index (κ2) is 9.87. The van der Waals surface area contributed by atoms with Crippen LogP contribution in [-0.2, 0) is 14.3 Å². The predicted molar refractivity (Wildman–Crippen MR) is 137 cm³/mol. The summed E-state index contributed by atoms with van der Waals surface area (Å²) >= 11 is 3.01. The summed E-state index contributed by atoms with van der Waals surface area (Å²) in [5, 5.41) is 6.67. The molecule has 0 aliphatic carbocycles. The molecule has 4 heterocycles. The number of halogens is 1. The van der Waals surface area contributed by atoms with Gasteiger partial charge in [-0.3, -0.25) is 4.79 Å². The zero-order valence-electron chi connectivity index (χ0n) is 19.4. The lowest BCUT2D eigenvalue weighted by Gasteiger charge is -2.38. The molecule has 3 aliphatic heterocycles. The van der Waals surface area contributed by atoms with Gasteiger partial charge in [-0.1, -0.05) is 23.9 Å². The van der Waals surface area contributed by atoms with Crippen LogP contribution in [0.5, 0.6) is 0 Å². The molecule has 2 aromatic rings. The Labute approximate surface area is 211 Å². The zero-order chi connectivity index (χ0) is 24.5. The maximum Gasteiger partial charge on any atom is 0.338 e. The number of esters is 1. The van der Waals surface area contributed by atoms with E-state index in [-0.39, 0.29) is 18.1 Å². The number of fused-ring (bicyclic) bond motifs is 1. The summed E-state index contributed by atoms with van der Waals surface area (Å²) < 4.78 is 19.2. The highest BCUT2D eigenvalue weighted by Gasteiger charge is 2.41. The highest BCUT2D eigenvalue weighted by molar-refractivity contribution is 8.16. The lowest BCUT2D eigenvalue weighted by molar-refractivity contribution is -0.136. The van der Waals surface area contributed by atoms with Crippen LogP contribution in [0.15, 0.2) is 68.5 Å². The molecule has 35 heavy (non-hydrogen) atoms. The Morgan fingerprint density at radius 1 is 1.17 bits per heavy atom. The monoisotopic (exact) mass is 512 g/mol. The van der Waals surface area contributed by atoms with Gasteiger partial charge in [0.25, 0.3) is 0 Å². The number of ether oxygens (including phenoxy) is 1. The normalized spacial score (nSPS) is 20.0. The third-order valence-electron chi connectivity index (χ3n) is 6.42. The summed E-state index contributed by atoms with van der Waals surface area (Å²) in [6.07, 6.45) is 0.194. The van der Waals surface area contributed by atoms with Crippen LogP contribution in [0.2, 0.25) is 0 Å². The summed E-state index contributed by atoms with van der Waals surface area (Å²) in [5.41, 5.74) is 3.44. The van der Waals surface area contributed by atoms with E-state index in [2.05, 4.69) is 4.99 Å². The van der Waals surface area contributed by atoms with Crippen molar-refractivity contribution in [1.82, 2.24) is 9.80 Å². The fraction of sp³-hybridized carbons (Fsp3) is 0.320. The third-order valence-corrected chi connectivity index (χ3v) is 8.01. The van der Waals surface area contributed by atoms with Crippen molar-refractivity contribution in [2.75, 3.05) is 38.2 Å². The average molecular weight is 513 g/mol. The summed E-state index contributed by atoms with van der Waals surface area (Å²) in [6.45, 7) is 4.00. The van der Waals surface area contributed by atoms with Crippen LogP contribution in [0.25, 0.3) is 0 Å². The minimum atomic E-state index is -0.423. The molecule has 1 amide bonds. The van der Waals surface area contributed by atoms with E-state index in [0.29, 0.717) is 43.1 Å². The van der Waals surface area contributed by atoms with Gasteiger partial charge in [0.05, 0.1) is 36.5 Å². The van der Waals surface area contributed by atoms with E-state index < -0.39 is 12.0 Å². The molecule has 5 rings (SSSR count). The van der Waals surface area contributed by atoms with Crippen molar-refractivity contribution in [2.45, 2.75) is 19.4 Å². The van der Waals surface area contributed by atoms with Gasteiger partial charge in [-0.15, -0.1) is 0 Å². The lowest BCUT2D eigenvalue weighted by atomic mass is 9.96. The number of anilines is 1. The fourth-order valence-electron chi connectivity index (χ4n) is 4.66. The number of para-hydroxylation sites is 1. The summed E-state index contributed by atoms with van der Waals surface area (Å²) in [5.74, 6) is -0.670. The van der Waals surface area contributed by atoms with Crippen LogP contribution in [0.1, 0.15) is 24.9 Å². The number of hydrogen-bond acceptors (Lipinski definition) is 8. The van der Waals surface area contributed by atoms with Crippen LogP contribution in [0.3, 0.4) is 0 Å². The van der Waals surface area contributed by atoms with Gasteiger partial charge in [0.15, 0.2) is 5.17 Å². The van der Waals surface area contributed by atoms with Gasteiger partial charge in [-0.2, -0.15) is 11.3 Å². The van der Waals surface area contributed by atoms with Crippen molar-refractivity contribution >= 4 is 45.8 Å². The van der Waals surface area contributed by atoms with E-state index in [4.69, 9.17) is 4.74 Å². The first-order valence-corrected chi connectivity index (χ1v) is 13.1. The third kappa shape index (κ3) is 4.48. The number of hydrogen-bond donors (Lipinski definition) is 0. The van der Waals surface area contributed by atoms with E-state index in [1.54, 1.807) is 23.5 Å². The quantitative estimate of drug-likeness (QED) is 0.555. The zero-order valence-corrected chi connectivity index (χ0v) is 21.1.